The van der Waals surface area contributed by atoms with Crippen LogP contribution < -0.4 is 11.4 Å². The molecule has 3 N–H and O–H groups in total. The molecule has 0 radical (unpaired) electrons. The van der Waals surface area contributed by atoms with Gasteiger partial charge in [-0.05, 0) is 12.5 Å². The molecular weight excluding hydrogens is 342 g/mol. The van der Waals surface area contributed by atoms with Gasteiger partial charge in [-0.3, -0.25) is 8.78 Å². The Bertz CT molecular complexity index is 967. The van der Waals surface area contributed by atoms with Gasteiger partial charge in [-0.25, -0.2) is 14.8 Å². The van der Waals surface area contributed by atoms with Gasteiger partial charge in [0, 0.05) is 7.11 Å². The highest BCUT2D eigenvalue weighted by Gasteiger charge is 2.18. The summed E-state index contributed by atoms with van der Waals surface area (Å²) in [6.07, 6.45) is -0.209. The molecule has 1 aromatic carbocycles. The second-order valence-electron chi connectivity index (χ2n) is 5.65. The molecule has 0 aliphatic carbocycles. The van der Waals surface area contributed by atoms with Crippen LogP contribution in [0.4, 0.5) is 5.82 Å². The Balaban J connectivity index is 2.05. The first-order valence-corrected chi connectivity index (χ1v) is 9.02. The van der Waals surface area contributed by atoms with Crippen LogP contribution in [0.2, 0.25) is 0 Å². The van der Waals surface area contributed by atoms with Crippen molar-refractivity contribution >= 4 is 27.8 Å². The third-order valence-electron chi connectivity index (χ3n) is 3.81. The van der Waals surface area contributed by atoms with E-state index < -0.39 is 10.8 Å². The summed E-state index contributed by atoms with van der Waals surface area (Å²) in [6, 6.07) is 9.51. The topological polar surface area (TPSA) is 116 Å². The van der Waals surface area contributed by atoms with Crippen LogP contribution in [-0.4, -0.2) is 42.7 Å². The molecule has 0 aliphatic heterocycles. The first-order valence-electron chi connectivity index (χ1n) is 7.70. The van der Waals surface area contributed by atoms with Crippen LogP contribution in [-0.2, 0) is 22.1 Å². The second kappa shape index (κ2) is 7.16. The quantitative estimate of drug-likeness (QED) is 0.630. The molecule has 3 rings (SSSR count). The highest BCUT2D eigenvalue weighted by molar-refractivity contribution is 7.84. The molecule has 2 atom stereocenters. The molecule has 0 saturated heterocycles. The van der Waals surface area contributed by atoms with Crippen molar-refractivity contribution in [2.45, 2.75) is 24.7 Å². The van der Waals surface area contributed by atoms with Crippen molar-refractivity contribution in [1.82, 2.24) is 19.5 Å². The molecule has 3 aromatic rings. The van der Waals surface area contributed by atoms with Crippen LogP contribution in [0.15, 0.2) is 40.3 Å². The van der Waals surface area contributed by atoms with E-state index in [1.54, 1.807) is 14.0 Å². The van der Waals surface area contributed by atoms with Gasteiger partial charge in [0.05, 0.1) is 29.2 Å². The Morgan fingerprint density at radius 2 is 2.04 bits per heavy atom. The summed E-state index contributed by atoms with van der Waals surface area (Å²) in [5.41, 5.74) is 7.23. The van der Waals surface area contributed by atoms with Crippen molar-refractivity contribution in [3.05, 3.63) is 46.4 Å². The zero-order valence-corrected chi connectivity index (χ0v) is 14.7. The summed E-state index contributed by atoms with van der Waals surface area (Å²) >= 11 is 0. The largest absolute Gasteiger partial charge is 0.382 e. The monoisotopic (exact) mass is 361 g/mol. The van der Waals surface area contributed by atoms with E-state index in [4.69, 9.17) is 10.5 Å². The lowest BCUT2D eigenvalue weighted by atomic mass is 10.2. The maximum atomic E-state index is 12.4. The van der Waals surface area contributed by atoms with Gasteiger partial charge in [-0.15, -0.1) is 0 Å². The average molecular weight is 361 g/mol. The number of methoxy groups -OCH3 is 1. The minimum atomic E-state index is -1.48. The fourth-order valence-corrected chi connectivity index (χ4v) is 3.50. The molecule has 0 bridgehead atoms. The number of nitrogens with one attached hydrogen (secondary N) is 1. The number of hydrogen-bond acceptors (Lipinski definition) is 6. The van der Waals surface area contributed by atoms with E-state index in [0.29, 0.717) is 17.7 Å². The van der Waals surface area contributed by atoms with E-state index in [1.807, 2.05) is 30.3 Å². The van der Waals surface area contributed by atoms with E-state index in [-0.39, 0.29) is 28.5 Å². The predicted molar refractivity (Wildman–Crippen MR) is 95.9 cm³/mol. The van der Waals surface area contributed by atoms with Gasteiger partial charge >= 0.3 is 5.69 Å². The van der Waals surface area contributed by atoms with E-state index in [9.17, 15) is 9.00 Å². The molecule has 0 fully saturated rings. The normalized spacial score (nSPS) is 13.8. The first kappa shape index (κ1) is 17.3. The highest BCUT2D eigenvalue weighted by Crippen LogP contribution is 2.17. The number of nitrogens with two attached hydrogens (primary N) is 1. The first-order chi connectivity index (χ1) is 12.0. The second-order valence-corrected chi connectivity index (χ2v) is 7.04. The molecule has 8 nitrogen and oxygen atoms in total. The Morgan fingerprint density at radius 3 is 2.72 bits per heavy atom. The molecule has 0 amide bonds. The van der Waals surface area contributed by atoms with Gasteiger partial charge in [0.1, 0.15) is 5.52 Å². The number of aromatic amines is 1. The number of ether oxygens (including phenoxy) is 1. The summed E-state index contributed by atoms with van der Waals surface area (Å²) in [6.45, 7) is 2.14. The number of nitrogen functional groups attached to an aromatic ring is 1. The zero-order valence-electron chi connectivity index (χ0n) is 13.9. The molecule has 132 valence electrons. The summed E-state index contributed by atoms with van der Waals surface area (Å²) in [4.78, 5) is 23.4. The standard InChI is InChI=1S/C16H19N5O3S/c1-10(24-2)9-25(23)15-19-13(17)12-14(20-15)21(16(22)18-12)8-11-6-4-3-5-7-11/h3-7,10H,8-9H2,1-2H3,(H,18,22)(H2,17,19,20). The van der Waals surface area contributed by atoms with E-state index in [1.165, 1.54) is 4.57 Å². The SMILES string of the molecule is COC(C)CS(=O)c1nc(N)c2[nH]c(=O)n(Cc3ccccc3)c2n1. The smallest absolute Gasteiger partial charge is 0.328 e. The van der Waals surface area contributed by atoms with Crippen LogP contribution in [0, 0.1) is 0 Å². The van der Waals surface area contributed by atoms with Gasteiger partial charge in [0.25, 0.3) is 0 Å². The molecule has 0 aliphatic rings. The fraction of sp³-hybridized carbons (Fsp3) is 0.312. The summed E-state index contributed by atoms with van der Waals surface area (Å²) in [5, 5.41) is 0.0923. The van der Waals surface area contributed by atoms with Crippen molar-refractivity contribution in [3.8, 4) is 0 Å². The van der Waals surface area contributed by atoms with Gasteiger partial charge in [-0.1, -0.05) is 30.3 Å². The van der Waals surface area contributed by atoms with Crippen LogP contribution in [0.3, 0.4) is 0 Å². The Kier molecular flexibility index (Phi) is 4.95. The minimum Gasteiger partial charge on any atom is -0.382 e. The molecule has 0 spiro atoms. The zero-order chi connectivity index (χ0) is 18.0. The lowest BCUT2D eigenvalue weighted by Gasteiger charge is -2.09. The van der Waals surface area contributed by atoms with E-state index >= 15 is 0 Å². The Labute approximate surface area is 146 Å². The van der Waals surface area contributed by atoms with Gasteiger partial charge < -0.3 is 15.5 Å². The number of fused-ring (bicyclic) bond motifs is 1. The lowest BCUT2D eigenvalue weighted by molar-refractivity contribution is 0.137. The predicted octanol–water partition coefficient (Wildman–Crippen LogP) is 0.893. The van der Waals surface area contributed by atoms with Gasteiger partial charge in [0.2, 0.25) is 5.16 Å². The van der Waals surface area contributed by atoms with Crippen molar-refractivity contribution in [3.63, 3.8) is 0 Å². The van der Waals surface area contributed by atoms with Crippen molar-refractivity contribution in [2.75, 3.05) is 18.6 Å². The maximum absolute atomic E-state index is 12.4. The maximum Gasteiger partial charge on any atom is 0.328 e. The number of anilines is 1. The van der Waals surface area contributed by atoms with Crippen molar-refractivity contribution < 1.29 is 8.95 Å². The number of rotatable bonds is 6. The Hall–Kier alpha value is -2.52. The van der Waals surface area contributed by atoms with E-state index in [2.05, 4.69) is 15.0 Å². The summed E-state index contributed by atoms with van der Waals surface area (Å²) in [7, 11) is 0.0639. The summed E-state index contributed by atoms with van der Waals surface area (Å²) < 4.78 is 19.0. The Morgan fingerprint density at radius 1 is 1.32 bits per heavy atom. The molecule has 25 heavy (non-hydrogen) atoms. The number of benzene rings is 1. The number of hydrogen-bond donors (Lipinski definition) is 2. The average Bonchev–Trinajstić information content (AvgIpc) is 2.92. The van der Waals surface area contributed by atoms with Crippen LogP contribution in [0.1, 0.15) is 12.5 Å². The van der Waals surface area contributed by atoms with Gasteiger partial charge in [0.15, 0.2) is 11.5 Å². The van der Waals surface area contributed by atoms with Gasteiger partial charge in [-0.2, -0.15) is 0 Å². The highest BCUT2D eigenvalue weighted by atomic mass is 32.2. The molecular formula is C16H19N5O3S. The molecule has 9 heteroatoms. The van der Waals surface area contributed by atoms with Crippen LogP contribution in [0.5, 0.6) is 0 Å². The molecule has 0 saturated carbocycles. The number of aromatic nitrogens is 4. The number of H-pyrrole nitrogens is 1. The third-order valence-corrected chi connectivity index (χ3v) is 5.17. The lowest BCUT2D eigenvalue weighted by Crippen LogP contribution is -2.19. The van der Waals surface area contributed by atoms with Crippen molar-refractivity contribution in [1.29, 1.82) is 0 Å². The third kappa shape index (κ3) is 3.62. The van der Waals surface area contributed by atoms with E-state index in [0.717, 1.165) is 5.56 Å². The van der Waals surface area contributed by atoms with Crippen molar-refractivity contribution in [2.24, 2.45) is 0 Å². The molecule has 2 heterocycles. The molecule has 2 aromatic heterocycles. The summed E-state index contributed by atoms with van der Waals surface area (Å²) in [5.74, 6) is 0.344. The van der Waals surface area contributed by atoms with Crippen LogP contribution >= 0.6 is 0 Å². The minimum absolute atomic E-state index is 0.0923. The molecule has 2 unspecified atom stereocenters. The number of imidazole rings is 1. The fourth-order valence-electron chi connectivity index (χ4n) is 2.40. The number of nitrogens with zero attached hydrogens (tertiary/aromatic N) is 3. The van der Waals surface area contributed by atoms with Crippen LogP contribution in [0.25, 0.3) is 11.2 Å².